The molecule has 2 aromatic carbocycles. The maximum atomic E-state index is 15.2. The minimum atomic E-state index is -0.590. The first-order chi connectivity index (χ1) is 30.7. The van der Waals surface area contributed by atoms with Gasteiger partial charge in [-0.2, -0.15) is 0 Å². The van der Waals surface area contributed by atoms with Gasteiger partial charge in [-0.05, 0) is 142 Å². The van der Waals surface area contributed by atoms with Crippen LogP contribution >= 0.6 is 22.6 Å². The lowest BCUT2D eigenvalue weighted by atomic mass is 9.92. The summed E-state index contributed by atoms with van der Waals surface area (Å²) in [5, 5.41) is 8.57. The van der Waals surface area contributed by atoms with Crippen molar-refractivity contribution in [3.05, 3.63) is 113 Å². The van der Waals surface area contributed by atoms with Crippen LogP contribution in [-0.2, 0) is 21.4 Å². The number of nitrogens with zero attached hydrogens (tertiary/aromatic N) is 6. The summed E-state index contributed by atoms with van der Waals surface area (Å²) in [7, 11) is 1.51. The third kappa shape index (κ3) is 9.27. The quantitative estimate of drug-likeness (QED) is 0.0873. The number of fused-ring (bicyclic) bond motifs is 1. The van der Waals surface area contributed by atoms with Gasteiger partial charge < -0.3 is 20.4 Å². The molecule has 3 aliphatic rings. The van der Waals surface area contributed by atoms with Crippen molar-refractivity contribution >= 4 is 74.2 Å². The number of aryl methyl sites for hydroxylation is 1. The van der Waals surface area contributed by atoms with Gasteiger partial charge >= 0.3 is 5.69 Å². The molecule has 3 amide bonds. The second kappa shape index (κ2) is 18.8. The van der Waals surface area contributed by atoms with Gasteiger partial charge in [0.25, 0.3) is 11.1 Å². The summed E-state index contributed by atoms with van der Waals surface area (Å²) in [6, 6.07) is 15.0. The summed E-state index contributed by atoms with van der Waals surface area (Å²) in [6.45, 7) is 9.99. The second-order valence-corrected chi connectivity index (χ2v) is 18.6. The first kappa shape index (κ1) is 44.9. The number of piperidine rings is 2. The van der Waals surface area contributed by atoms with E-state index in [9.17, 15) is 28.8 Å². The average Bonchev–Trinajstić information content (AvgIpc) is 4.11. The fraction of sp³-hybridized carbons (Fsp3) is 0.426. The number of imide groups is 1. The van der Waals surface area contributed by atoms with E-state index < -0.39 is 22.6 Å². The highest BCUT2D eigenvalue weighted by Gasteiger charge is 2.33. The molecule has 5 aromatic rings. The fourth-order valence-electron chi connectivity index (χ4n) is 9.06. The molecule has 2 saturated heterocycles. The summed E-state index contributed by atoms with van der Waals surface area (Å²) >= 11 is 2.00. The van der Waals surface area contributed by atoms with Crippen molar-refractivity contribution in [2.45, 2.75) is 77.7 Å². The summed E-state index contributed by atoms with van der Waals surface area (Å²) in [5.74, 6) is -0.424. The van der Waals surface area contributed by atoms with Gasteiger partial charge in [0.2, 0.25) is 17.7 Å². The number of anilines is 4. The van der Waals surface area contributed by atoms with Gasteiger partial charge in [0, 0.05) is 66.1 Å². The summed E-state index contributed by atoms with van der Waals surface area (Å²) in [5.41, 5.74) is 0.419. The van der Waals surface area contributed by atoms with E-state index in [2.05, 4.69) is 44.6 Å². The van der Waals surface area contributed by atoms with Crippen LogP contribution in [0.3, 0.4) is 0 Å². The first-order valence-corrected chi connectivity index (χ1v) is 23.1. The molecule has 3 aromatic heterocycles. The lowest BCUT2D eigenvalue weighted by Gasteiger charge is -2.33. The highest BCUT2D eigenvalue weighted by Crippen LogP contribution is 2.35. The Bertz CT molecular complexity index is 2810. The van der Waals surface area contributed by atoms with Crippen LogP contribution < -0.4 is 37.7 Å². The lowest BCUT2D eigenvalue weighted by Crippen LogP contribution is -2.41. The normalized spacial score (nSPS) is 17.6. The predicted octanol–water partition coefficient (Wildman–Crippen LogP) is 6.10. The van der Waals surface area contributed by atoms with Gasteiger partial charge in [-0.3, -0.25) is 43.0 Å². The van der Waals surface area contributed by atoms with Crippen LogP contribution in [0.25, 0.3) is 16.6 Å². The van der Waals surface area contributed by atoms with Crippen molar-refractivity contribution in [3.63, 3.8) is 0 Å². The van der Waals surface area contributed by atoms with E-state index in [0.29, 0.717) is 59.4 Å². The molecular weight excluding hydrogens is 932 g/mol. The van der Waals surface area contributed by atoms with E-state index >= 15 is 4.39 Å². The van der Waals surface area contributed by atoms with Crippen LogP contribution in [0, 0.1) is 28.1 Å². The topological polar surface area (TPSA) is 173 Å². The molecule has 1 aliphatic carbocycles. The number of hydrogen-bond acceptors (Lipinski definition) is 10. The fourth-order valence-corrected chi connectivity index (χ4v) is 9.52. The van der Waals surface area contributed by atoms with Crippen molar-refractivity contribution in [2.75, 3.05) is 48.3 Å². The van der Waals surface area contributed by atoms with Crippen molar-refractivity contribution in [3.8, 4) is 5.69 Å². The highest BCUT2D eigenvalue weighted by molar-refractivity contribution is 14.1. The van der Waals surface area contributed by atoms with Crippen molar-refractivity contribution in [1.29, 1.82) is 0 Å². The molecule has 5 heterocycles. The number of hydrogen-bond donors (Lipinski definition) is 3. The van der Waals surface area contributed by atoms with Crippen molar-refractivity contribution in [2.24, 2.45) is 18.9 Å². The van der Waals surface area contributed by atoms with E-state index in [4.69, 9.17) is 0 Å². The van der Waals surface area contributed by atoms with Gasteiger partial charge in [0.05, 0.1) is 22.8 Å². The number of amides is 3. The van der Waals surface area contributed by atoms with Crippen LogP contribution in [0.5, 0.6) is 0 Å². The van der Waals surface area contributed by atoms with Crippen LogP contribution in [-0.4, -0.2) is 74.0 Å². The number of likely N-dealkylation sites (tertiary alicyclic amines) is 1. The van der Waals surface area contributed by atoms with Crippen molar-refractivity contribution < 1.29 is 18.8 Å². The molecule has 8 rings (SSSR count). The number of halogens is 2. The van der Waals surface area contributed by atoms with E-state index in [1.165, 1.54) is 32.9 Å². The average molecular weight is 986 g/mol. The van der Waals surface area contributed by atoms with Gasteiger partial charge in [0.15, 0.2) is 0 Å². The zero-order valence-corrected chi connectivity index (χ0v) is 38.6. The second-order valence-electron chi connectivity index (χ2n) is 17.4. The molecule has 15 nitrogen and oxygen atoms in total. The van der Waals surface area contributed by atoms with Crippen molar-refractivity contribution in [1.82, 2.24) is 28.9 Å². The minimum absolute atomic E-state index is 0.0694. The molecule has 3 N–H and O–H groups in total. The summed E-state index contributed by atoms with van der Waals surface area (Å²) < 4.78 is 19.7. The summed E-state index contributed by atoms with van der Waals surface area (Å²) in [4.78, 5) is 89.3. The van der Waals surface area contributed by atoms with Gasteiger partial charge in [-0.25, -0.2) is 14.2 Å². The van der Waals surface area contributed by atoms with E-state index in [1.54, 1.807) is 43.5 Å². The SMILES string of the molecule is CCN(CCC(C)CN1CCC(C(=O)Nc2cccc(-n3c(=O)n(C4CC4)c(=O)c4c(Nc5ccc(I)cc5F)n(C)c(=O)c(C)c43)c2)CC1)c1ccc(C2CCC(=O)NC2=O)cn1. The lowest BCUT2D eigenvalue weighted by molar-refractivity contribution is -0.134. The molecule has 336 valence electrons. The van der Waals surface area contributed by atoms with Gasteiger partial charge in [-0.1, -0.05) is 19.1 Å². The molecular formula is C47H53FIN9O6. The zero-order chi connectivity index (χ0) is 45.4. The molecule has 0 radical (unpaired) electrons. The zero-order valence-electron chi connectivity index (χ0n) is 36.5. The summed E-state index contributed by atoms with van der Waals surface area (Å²) in [6.07, 6.45) is 6.20. The number of carbonyl (C=O) groups excluding carboxylic acids is 3. The molecule has 2 aliphatic heterocycles. The number of pyridine rings is 2. The Labute approximate surface area is 383 Å². The number of aromatic nitrogens is 4. The molecule has 64 heavy (non-hydrogen) atoms. The van der Waals surface area contributed by atoms with E-state index in [-0.39, 0.29) is 63.6 Å². The van der Waals surface area contributed by atoms with Crippen LogP contribution in [0.2, 0.25) is 0 Å². The Balaban J connectivity index is 0.928. The Morgan fingerprint density at radius 1 is 1.00 bits per heavy atom. The molecule has 2 unspecified atom stereocenters. The smallest absolute Gasteiger partial charge is 0.336 e. The minimum Gasteiger partial charge on any atom is -0.357 e. The number of carbonyl (C=O) groups is 3. The molecule has 0 spiro atoms. The Morgan fingerprint density at radius 3 is 2.44 bits per heavy atom. The number of nitrogens with one attached hydrogen (secondary N) is 3. The third-order valence-electron chi connectivity index (χ3n) is 12.8. The largest absolute Gasteiger partial charge is 0.357 e. The Morgan fingerprint density at radius 2 is 1.77 bits per heavy atom. The monoisotopic (exact) mass is 985 g/mol. The third-order valence-corrected chi connectivity index (χ3v) is 13.5. The van der Waals surface area contributed by atoms with Gasteiger partial charge in [-0.15, -0.1) is 0 Å². The first-order valence-electron chi connectivity index (χ1n) is 22.0. The number of benzene rings is 2. The molecule has 0 bridgehead atoms. The Kier molecular flexibility index (Phi) is 13.2. The molecule has 3 fully saturated rings. The van der Waals surface area contributed by atoms with Gasteiger partial charge in [0.1, 0.15) is 22.8 Å². The number of rotatable bonds is 14. The van der Waals surface area contributed by atoms with E-state index in [0.717, 1.165) is 50.5 Å². The van der Waals surface area contributed by atoms with E-state index in [1.807, 2.05) is 34.7 Å². The van der Waals surface area contributed by atoms with Crippen LogP contribution in [0.1, 0.15) is 81.9 Å². The standard InChI is InChI=1S/C47H53FIN9O6/c1-5-56(38-15-9-30(25-50-38)35-13-16-39(59)53-44(35)61)22-17-27(2)26-55-20-18-29(19-21-55)43(60)51-32-7-6-8-34(24-32)57-41-28(3)45(62)54(4)42(52-37-14-10-31(49)23-36(37)48)40(41)46(63)58(47(57)64)33-11-12-33/h6-10,14-15,23-25,27,29,33,35,52H,5,11-13,16-22,26H2,1-4H3,(H,51,60)(H,53,59,61). The molecule has 17 heteroatoms. The molecule has 1 saturated carbocycles. The maximum absolute atomic E-state index is 15.2. The van der Waals surface area contributed by atoms with Crippen LogP contribution in [0.4, 0.5) is 27.4 Å². The maximum Gasteiger partial charge on any atom is 0.336 e. The molecule has 2 atom stereocenters. The predicted molar refractivity (Wildman–Crippen MR) is 253 cm³/mol. The van der Waals surface area contributed by atoms with Crippen LogP contribution in [0.15, 0.2) is 75.2 Å². The Hall–Kier alpha value is -5.69. The highest BCUT2D eigenvalue weighted by atomic mass is 127.